The first-order valence-corrected chi connectivity index (χ1v) is 17.4. The van der Waals surface area contributed by atoms with Crippen molar-refractivity contribution in [3.8, 4) is 0 Å². The Bertz CT molecular complexity index is 1760. The summed E-state index contributed by atoms with van der Waals surface area (Å²) in [5, 5.41) is 15.5. The van der Waals surface area contributed by atoms with Crippen LogP contribution in [-0.4, -0.2) is 77.2 Å². The van der Waals surface area contributed by atoms with Gasteiger partial charge in [0.05, 0.1) is 36.6 Å². The highest BCUT2D eigenvalue weighted by atomic mass is 16.5. The summed E-state index contributed by atoms with van der Waals surface area (Å²) in [7, 11) is 0. The van der Waals surface area contributed by atoms with Gasteiger partial charge in [-0.2, -0.15) is 0 Å². The van der Waals surface area contributed by atoms with Gasteiger partial charge in [-0.15, -0.1) is 13.2 Å². The van der Waals surface area contributed by atoms with Crippen molar-refractivity contribution in [2.75, 3.05) is 24.7 Å². The minimum absolute atomic E-state index is 0.0916. The quantitative estimate of drug-likeness (QED) is 0.174. The van der Waals surface area contributed by atoms with E-state index in [1.54, 1.807) is 17.1 Å². The number of amides is 3. The second-order valence-corrected chi connectivity index (χ2v) is 13.3. The van der Waals surface area contributed by atoms with E-state index in [1.807, 2.05) is 79.7 Å². The monoisotopic (exact) mass is 679 g/mol. The Morgan fingerprint density at radius 3 is 2.52 bits per heavy atom. The summed E-state index contributed by atoms with van der Waals surface area (Å²) >= 11 is 0. The van der Waals surface area contributed by atoms with Crippen LogP contribution in [-0.2, 0) is 28.7 Å². The number of hydrogen-bond donors (Lipinski definition) is 2. The van der Waals surface area contributed by atoms with Crippen LogP contribution in [0, 0.1) is 11.8 Å². The maximum Gasteiger partial charge on any atom is 0.306 e. The summed E-state index contributed by atoms with van der Waals surface area (Å²) in [6.07, 6.45) is 4.64. The lowest BCUT2D eigenvalue weighted by Crippen LogP contribution is -2.59. The predicted molar refractivity (Wildman–Crippen MR) is 190 cm³/mol. The first-order chi connectivity index (χ1) is 24.3. The van der Waals surface area contributed by atoms with Crippen molar-refractivity contribution in [2.24, 2.45) is 11.8 Å². The summed E-state index contributed by atoms with van der Waals surface area (Å²) in [5.41, 5.74) is 0.123. The number of ether oxygens (including phenoxy) is 2. The van der Waals surface area contributed by atoms with Crippen molar-refractivity contribution in [3.05, 3.63) is 104 Å². The van der Waals surface area contributed by atoms with Crippen LogP contribution in [0.15, 0.2) is 98.1 Å². The molecule has 3 amide bonds. The minimum atomic E-state index is -1.26. The molecule has 1 spiro atoms. The molecule has 3 fully saturated rings. The van der Waals surface area contributed by atoms with Gasteiger partial charge in [-0.3, -0.25) is 19.2 Å². The summed E-state index contributed by atoms with van der Waals surface area (Å²) in [6.45, 7) is 9.16. The molecule has 2 bridgehead atoms. The number of carbonyl (C=O) groups excluding carboxylic acids is 4. The summed E-state index contributed by atoms with van der Waals surface area (Å²) in [5.74, 6) is -3.37. The molecule has 3 aromatic rings. The van der Waals surface area contributed by atoms with Crippen molar-refractivity contribution in [1.29, 1.82) is 0 Å². The number of aliphatic hydroxyl groups excluding tert-OH is 1. The van der Waals surface area contributed by atoms with Gasteiger partial charge in [-0.1, -0.05) is 79.7 Å². The number of hydrogen-bond acceptors (Lipinski definition) is 7. The molecule has 2 N–H and O–H groups in total. The van der Waals surface area contributed by atoms with Crippen LogP contribution >= 0.6 is 0 Å². The van der Waals surface area contributed by atoms with Crippen LogP contribution in [0.5, 0.6) is 0 Å². The van der Waals surface area contributed by atoms with Gasteiger partial charge >= 0.3 is 5.97 Å². The first kappa shape index (κ1) is 35.0. The molecule has 0 saturated carbocycles. The second-order valence-electron chi connectivity index (χ2n) is 13.3. The van der Waals surface area contributed by atoms with E-state index in [-0.39, 0.29) is 38.0 Å². The molecule has 50 heavy (non-hydrogen) atoms. The van der Waals surface area contributed by atoms with Crippen molar-refractivity contribution < 1.29 is 33.8 Å². The molecule has 3 aromatic carbocycles. The van der Waals surface area contributed by atoms with Crippen molar-refractivity contribution in [3.63, 3.8) is 0 Å². The number of allylic oxidation sites excluding steroid dienone is 1. The van der Waals surface area contributed by atoms with Gasteiger partial charge in [0.15, 0.2) is 0 Å². The van der Waals surface area contributed by atoms with Crippen LogP contribution in [0.3, 0.4) is 0 Å². The van der Waals surface area contributed by atoms with Gasteiger partial charge in [0.1, 0.15) is 18.2 Å². The number of likely N-dealkylation sites (tertiary alicyclic amines) is 1. The lowest BCUT2D eigenvalue weighted by molar-refractivity contribution is -0.146. The summed E-state index contributed by atoms with van der Waals surface area (Å²) < 4.78 is 12.2. The second kappa shape index (κ2) is 15.0. The van der Waals surface area contributed by atoms with E-state index >= 15 is 0 Å². The Morgan fingerprint density at radius 1 is 1.08 bits per heavy atom. The summed E-state index contributed by atoms with van der Waals surface area (Å²) in [4.78, 5) is 59.3. The number of carbonyl (C=O) groups is 4. The Kier molecular flexibility index (Phi) is 10.5. The fraction of sp³-hybridized carbons (Fsp3) is 0.400. The number of aliphatic hydroxyl groups is 1. The molecule has 0 aromatic heterocycles. The highest BCUT2D eigenvalue weighted by Crippen LogP contribution is 2.59. The van der Waals surface area contributed by atoms with Crippen molar-refractivity contribution in [1.82, 2.24) is 10.2 Å². The highest BCUT2D eigenvalue weighted by Gasteiger charge is 2.75. The minimum Gasteiger partial charge on any atom is -0.463 e. The Morgan fingerprint density at radius 2 is 1.82 bits per heavy atom. The third-order valence-electron chi connectivity index (χ3n) is 10.5. The van der Waals surface area contributed by atoms with E-state index in [4.69, 9.17) is 9.47 Å². The first-order valence-electron chi connectivity index (χ1n) is 17.4. The van der Waals surface area contributed by atoms with Crippen LogP contribution in [0.25, 0.3) is 10.8 Å². The number of esters is 1. The average Bonchev–Trinajstić information content (AvgIpc) is 3.79. The van der Waals surface area contributed by atoms with Gasteiger partial charge in [0, 0.05) is 18.7 Å². The Hall–Kier alpha value is -4.80. The third kappa shape index (κ3) is 6.33. The number of anilines is 1. The number of benzene rings is 3. The standard InChI is InChI=1S/C40H45N3O7/c1-4-7-17-33(45)49-25-31(27-14-9-8-10-15-27)41-37(46)34-32-20-21-40(50-32)35(34)38(47)43(29(6-3)24-44)36(40)39(48)42(22-5-2)30-19-18-26-13-11-12-16-28(26)23-30/h4-5,8-16,18-19,23,29,31-32,34-36,44H,1-2,6-7,17,20-22,24-25H2,3H3,(H,41,46)/t29-,31-,32+,34-,35-,36+,40-/m0/s1. The van der Waals surface area contributed by atoms with E-state index in [1.165, 1.54) is 4.90 Å². The topological polar surface area (TPSA) is 125 Å². The van der Waals surface area contributed by atoms with E-state index in [0.29, 0.717) is 31.4 Å². The van der Waals surface area contributed by atoms with Crippen LogP contribution < -0.4 is 10.2 Å². The molecular weight excluding hydrogens is 634 g/mol. The molecule has 3 saturated heterocycles. The zero-order valence-electron chi connectivity index (χ0n) is 28.4. The van der Waals surface area contributed by atoms with Crippen LogP contribution in [0.2, 0.25) is 0 Å². The third-order valence-corrected chi connectivity index (χ3v) is 10.5. The molecule has 10 nitrogen and oxygen atoms in total. The molecule has 262 valence electrons. The van der Waals surface area contributed by atoms with E-state index < -0.39 is 53.5 Å². The highest BCUT2D eigenvalue weighted by molar-refractivity contribution is 6.06. The number of nitrogens with zero attached hydrogens (tertiary/aromatic N) is 2. The molecule has 0 aliphatic carbocycles. The number of rotatable bonds is 15. The molecule has 7 atom stereocenters. The van der Waals surface area contributed by atoms with E-state index in [9.17, 15) is 24.3 Å². The lowest BCUT2D eigenvalue weighted by atomic mass is 9.70. The van der Waals surface area contributed by atoms with Crippen LogP contribution in [0.1, 0.15) is 50.6 Å². The van der Waals surface area contributed by atoms with Gasteiger partial charge in [0.2, 0.25) is 11.8 Å². The molecule has 10 heteroatoms. The fourth-order valence-corrected chi connectivity index (χ4v) is 8.06. The SMILES string of the molecule is C=CCCC(=O)OC[C@H](NC(=O)[C@@H]1[C@H]2C(=O)N([C@@H](CC)CO)[C@H](C(=O)N(CC=C)c3ccc4ccccc4c3)[C@]23CC[C@H]1O3)c1ccccc1. The maximum atomic E-state index is 14.9. The normalized spacial score (nSPS) is 24.8. The number of fused-ring (bicyclic) bond motifs is 2. The molecule has 3 aliphatic rings. The predicted octanol–water partition coefficient (Wildman–Crippen LogP) is 4.87. The van der Waals surface area contributed by atoms with Gasteiger partial charge in [-0.05, 0) is 54.2 Å². The van der Waals surface area contributed by atoms with E-state index in [0.717, 1.165) is 16.3 Å². The van der Waals surface area contributed by atoms with Crippen LogP contribution in [0.4, 0.5) is 5.69 Å². The lowest BCUT2D eigenvalue weighted by Gasteiger charge is -2.39. The Balaban J connectivity index is 1.33. The van der Waals surface area contributed by atoms with Gasteiger partial charge < -0.3 is 29.7 Å². The molecule has 3 heterocycles. The zero-order valence-corrected chi connectivity index (χ0v) is 28.4. The van der Waals surface area contributed by atoms with Crippen molar-refractivity contribution >= 4 is 40.2 Å². The molecular formula is C40H45N3O7. The van der Waals surface area contributed by atoms with E-state index in [2.05, 4.69) is 18.5 Å². The average molecular weight is 680 g/mol. The molecule has 0 radical (unpaired) electrons. The number of nitrogens with one attached hydrogen (secondary N) is 1. The fourth-order valence-electron chi connectivity index (χ4n) is 8.06. The molecule has 3 aliphatic heterocycles. The zero-order chi connectivity index (χ0) is 35.4. The largest absolute Gasteiger partial charge is 0.463 e. The summed E-state index contributed by atoms with van der Waals surface area (Å²) in [6, 6.07) is 20.4. The van der Waals surface area contributed by atoms with Gasteiger partial charge in [0.25, 0.3) is 5.91 Å². The van der Waals surface area contributed by atoms with Gasteiger partial charge in [-0.25, -0.2) is 0 Å². The molecule has 6 rings (SSSR count). The van der Waals surface area contributed by atoms with Crippen molar-refractivity contribution in [2.45, 2.75) is 68.9 Å². The Labute approximate surface area is 292 Å². The maximum absolute atomic E-state index is 14.9. The smallest absolute Gasteiger partial charge is 0.306 e. The molecule has 0 unspecified atom stereocenters.